The van der Waals surface area contributed by atoms with Crippen LogP contribution in [-0.4, -0.2) is 59.6 Å². The maximum atomic E-state index is 12.4. The van der Waals surface area contributed by atoms with Gasteiger partial charge in [-0.15, -0.1) is 0 Å². The molecular formula is C21H28O8. The molecule has 0 saturated carbocycles. The maximum absolute atomic E-state index is 12.4. The minimum atomic E-state index is -1.46. The summed E-state index contributed by atoms with van der Waals surface area (Å²) < 4.78 is 22.5. The van der Waals surface area contributed by atoms with Crippen LogP contribution in [0.4, 0.5) is 0 Å². The lowest BCUT2D eigenvalue weighted by atomic mass is 9.80. The molecule has 8 nitrogen and oxygen atoms in total. The Morgan fingerprint density at radius 3 is 2.48 bits per heavy atom. The Hall–Kier alpha value is -2.45. The topological polar surface area (TPSA) is 108 Å². The van der Waals surface area contributed by atoms with Crippen molar-refractivity contribution < 1.29 is 38.4 Å². The molecule has 8 heteroatoms. The monoisotopic (exact) mass is 408 g/mol. The highest BCUT2D eigenvalue weighted by molar-refractivity contribution is 5.92. The Balaban J connectivity index is 2.69. The second-order valence-electron chi connectivity index (χ2n) is 7.76. The van der Waals surface area contributed by atoms with Crippen LogP contribution in [0.1, 0.15) is 34.6 Å². The molecule has 0 aromatic heterocycles. The number of rotatable bonds is 4. The number of carbonyl (C=O) groups is 3. The number of ether oxygens (including phenoxy) is 4. The van der Waals surface area contributed by atoms with Gasteiger partial charge in [-0.1, -0.05) is 13.2 Å². The molecule has 2 rings (SSSR count). The lowest BCUT2D eigenvalue weighted by Crippen LogP contribution is -2.60. The van der Waals surface area contributed by atoms with Crippen LogP contribution in [0, 0.1) is 5.92 Å². The zero-order valence-electron chi connectivity index (χ0n) is 17.4. The standard InChI is InChI=1S/C21H28O8/c1-10(2)19(24)29-17-16-12(4)20(25)28-15(16)8-11(3)9-26-21(7,13(5)22)18(17)27-14(6)23/h8,13,15-18,22H,1,4,9H2,2-3,5-7H3. The van der Waals surface area contributed by atoms with Gasteiger partial charge in [0.1, 0.15) is 11.7 Å². The molecule has 0 aromatic carbocycles. The average molecular weight is 408 g/mol. The van der Waals surface area contributed by atoms with Crippen LogP contribution >= 0.6 is 0 Å². The van der Waals surface area contributed by atoms with E-state index < -0.39 is 53.8 Å². The predicted molar refractivity (Wildman–Crippen MR) is 103 cm³/mol. The normalized spacial score (nSPS) is 33.2. The first-order chi connectivity index (χ1) is 13.4. The minimum Gasteiger partial charge on any atom is -0.455 e. The molecule has 2 aliphatic heterocycles. The number of carbonyl (C=O) groups excluding carboxylic acids is 3. The molecule has 0 aromatic rings. The molecule has 2 aliphatic rings. The highest BCUT2D eigenvalue weighted by Crippen LogP contribution is 2.40. The summed E-state index contributed by atoms with van der Waals surface area (Å²) in [5, 5.41) is 10.5. The molecule has 0 spiro atoms. The highest BCUT2D eigenvalue weighted by Gasteiger charge is 2.56. The first-order valence-corrected chi connectivity index (χ1v) is 9.31. The molecular weight excluding hydrogens is 380 g/mol. The van der Waals surface area contributed by atoms with Gasteiger partial charge in [-0.3, -0.25) is 4.79 Å². The van der Waals surface area contributed by atoms with E-state index in [1.165, 1.54) is 20.8 Å². The Labute approximate surface area is 170 Å². The summed E-state index contributed by atoms with van der Waals surface area (Å²) in [6, 6.07) is 0. The van der Waals surface area contributed by atoms with E-state index in [9.17, 15) is 19.5 Å². The molecule has 0 aliphatic carbocycles. The lowest BCUT2D eigenvalue weighted by Gasteiger charge is -2.43. The molecule has 1 fully saturated rings. The third kappa shape index (κ3) is 4.59. The van der Waals surface area contributed by atoms with Crippen LogP contribution in [0.25, 0.3) is 0 Å². The number of hydrogen-bond donors (Lipinski definition) is 1. The fourth-order valence-electron chi connectivity index (χ4n) is 3.40. The van der Waals surface area contributed by atoms with Gasteiger partial charge in [0.25, 0.3) is 0 Å². The van der Waals surface area contributed by atoms with Crippen LogP contribution in [0.3, 0.4) is 0 Å². The molecule has 1 saturated heterocycles. The predicted octanol–water partition coefficient (Wildman–Crippen LogP) is 1.62. The van der Waals surface area contributed by atoms with Gasteiger partial charge in [-0.2, -0.15) is 0 Å². The zero-order chi connectivity index (χ0) is 22.1. The molecule has 2 heterocycles. The van der Waals surface area contributed by atoms with Gasteiger partial charge in [0, 0.05) is 18.1 Å². The van der Waals surface area contributed by atoms with Crippen molar-refractivity contribution in [2.45, 2.75) is 64.6 Å². The van der Waals surface area contributed by atoms with Crippen molar-refractivity contribution in [3.05, 3.63) is 36.0 Å². The highest BCUT2D eigenvalue weighted by atomic mass is 16.6. The molecule has 0 amide bonds. The Kier molecular flexibility index (Phi) is 6.70. The Bertz CT molecular complexity index is 765. The van der Waals surface area contributed by atoms with E-state index in [0.717, 1.165) is 5.57 Å². The van der Waals surface area contributed by atoms with Crippen molar-refractivity contribution in [3.63, 3.8) is 0 Å². The minimum absolute atomic E-state index is 0.0746. The molecule has 160 valence electrons. The van der Waals surface area contributed by atoms with E-state index in [1.807, 2.05) is 0 Å². The SMILES string of the molecule is C=C(C)C(=O)OC1C2C(=C)C(=O)OC2C=C(C)COC(C)(C(C)O)C1OC(C)=O. The number of aliphatic hydroxyl groups excluding tert-OH is 1. The average Bonchev–Trinajstić information content (AvgIpc) is 2.89. The van der Waals surface area contributed by atoms with E-state index in [0.29, 0.717) is 0 Å². The van der Waals surface area contributed by atoms with Crippen molar-refractivity contribution in [2.75, 3.05) is 6.61 Å². The van der Waals surface area contributed by atoms with E-state index in [-0.39, 0.29) is 17.8 Å². The molecule has 6 unspecified atom stereocenters. The van der Waals surface area contributed by atoms with E-state index in [2.05, 4.69) is 13.2 Å². The summed E-state index contributed by atoms with van der Waals surface area (Å²) in [6.45, 7) is 14.9. The van der Waals surface area contributed by atoms with Crippen molar-refractivity contribution >= 4 is 17.9 Å². The summed E-state index contributed by atoms with van der Waals surface area (Å²) in [7, 11) is 0. The maximum Gasteiger partial charge on any atom is 0.334 e. The Morgan fingerprint density at radius 2 is 1.97 bits per heavy atom. The largest absolute Gasteiger partial charge is 0.455 e. The first-order valence-electron chi connectivity index (χ1n) is 9.31. The molecule has 1 N–H and O–H groups in total. The molecule has 29 heavy (non-hydrogen) atoms. The fourth-order valence-corrected chi connectivity index (χ4v) is 3.40. The quantitative estimate of drug-likeness (QED) is 0.324. The van der Waals surface area contributed by atoms with Gasteiger partial charge in [0.05, 0.1) is 18.6 Å². The van der Waals surface area contributed by atoms with Gasteiger partial charge in [0.2, 0.25) is 0 Å². The van der Waals surface area contributed by atoms with Crippen molar-refractivity contribution in [2.24, 2.45) is 5.92 Å². The number of hydrogen-bond acceptors (Lipinski definition) is 8. The fraction of sp³-hybridized carbons (Fsp3) is 0.571. The number of aliphatic hydroxyl groups is 1. The molecule has 0 bridgehead atoms. The lowest BCUT2D eigenvalue weighted by molar-refractivity contribution is -0.219. The van der Waals surface area contributed by atoms with Gasteiger partial charge < -0.3 is 24.1 Å². The van der Waals surface area contributed by atoms with Crippen molar-refractivity contribution in [3.8, 4) is 0 Å². The van der Waals surface area contributed by atoms with Crippen LogP contribution in [0.5, 0.6) is 0 Å². The van der Waals surface area contributed by atoms with Crippen molar-refractivity contribution in [1.29, 1.82) is 0 Å². The molecule has 6 atom stereocenters. The van der Waals surface area contributed by atoms with Gasteiger partial charge in [0.15, 0.2) is 12.2 Å². The smallest absolute Gasteiger partial charge is 0.334 e. The number of fused-ring (bicyclic) bond motifs is 1. The second kappa shape index (κ2) is 8.51. The molecule has 0 radical (unpaired) electrons. The third-order valence-electron chi connectivity index (χ3n) is 5.25. The second-order valence-corrected chi connectivity index (χ2v) is 7.76. The summed E-state index contributed by atoms with van der Waals surface area (Å²) >= 11 is 0. The summed E-state index contributed by atoms with van der Waals surface area (Å²) in [6.07, 6.45) is -2.69. The number of esters is 3. The van der Waals surface area contributed by atoms with E-state index >= 15 is 0 Å². The van der Waals surface area contributed by atoms with E-state index in [1.54, 1.807) is 19.9 Å². The van der Waals surface area contributed by atoms with Crippen LogP contribution in [0.2, 0.25) is 0 Å². The van der Waals surface area contributed by atoms with Gasteiger partial charge in [-0.05, 0) is 39.3 Å². The summed E-state index contributed by atoms with van der Waals surface area (Å²) in [5.74, 6) is -2.89. The van der Waals surface area contributed by atoms with Crippen LogP contribution in [0.15, 0.2) is 36.0 Å². The van der Waals surface area contributed by atoms with Crippen molar-refractivity contribution in [1.82, 2.24) is 0 Å². The summed E-state index contributed by atoms with van der Waals surface area (Å²) in [4.78, 5) is 36.6. The Morgan fingerprint density at radius 1 is 1.34 bits per heavy atom. The van der Waals surface area contributed by atoms with E-state index in [4.69, 9.17) is 18.9 Å². The zero-order valence-corrected chi connectivity index (χ0v) is 17.4. The van der Waals surface area contributed by atoms with Gasteiger partial charge in [-0.25, -0.2) is 9.59 Å². The first kappa shape index (κ1) is 22.8. The third-order valence-corrected chi connectivity index (χ3v) is 5.25. The van der Waals surface area contributed by atoms with Crippen LogP contribution in [-0.2, 0) is 33.3 Å². The summed E-state index contributed by atoms with van der Waals surface area (Å²) in [5.41, 5.74) is -0.541. The van der Waals surface area contributed by atoms with Gasteiger partial charge >= 0.3 is 17.9 Å². The van der Waals surface area contributed by atoms with Crippen LogP contribution < -0.4 is 0 Å².